The van der Waals surface area contributed by atoms with Crippen molar-refractivity contribution in [3.8, 4) is 5.69 Å². The number of nitrogens with two attached hydrogens (primary N) is 1. The van der Waals surface area contributed by atoms with Crippen molar-refractivity contribution in [1.29, 1.82) is 0 Å². The van der Waals surface area contributed by atoms with Crippen molar-refractivity contribution in [2.45, 2.75) is 25.3 Å². The standard InChI is InChI=1S/C14H16ClN5O/c15-10-3-4-13(20-8-17-7-18-20)12(5-10)19-14(21)6-11(16)9-1-2-9/h3-5,7-9,11H,1-2,6,16H2,(H,19,21). The molecule has 1 amide bonds. The van der Waals surface area contributed by atoms with E-state index >= 15 is 0 Å². The van der Waals surface area contributed by atoms with Crippen LogP contribution in [0, 0.1) is 5.92 Å². The van der Waals surface area contributed by atoms with Crippen LogP contribution in [0.3, 0.4) is 0 Å². The molecule has 1 aliphatic carbocycles. The number of carbonyl (C=O) groups excluding carboxylic acids is 1. The second kappa shape index (κ2) is 5.83. The highest BCUT2D eigenvalue weighted by atomic mass is 35.5. The van der Waals surface area contributed by atoms with Gasteiger partial charge in [0.1, 0.15) is 12.7 Å². The molecule has 1 atom stereocenters. The van der Waals surface area contributed by atoms with E-state index in [2.05, 4.69) is 15.4 Å². The first-order valence-corrected chi connectivity index (χ1v) is 7.21. The van der Waals surface area contributed by atoms with Crippen LogP contribution in [-0.2, 0) is 4.79 Å². The van der Waals surface area contributed by atoms with Crippen LogP contribution in [0.25, 0.3) is 5.69 Å². The fourth-order valence-corrected chi connectivity index (χ4v) is 2.42. The maximum Gasteiger partial charge on any atom is 0.226 e. The Morgan fingerprint density at radius 3 is 3.00 bits per heavy atom. The summed E-state index contributed by atoms with van der Waals surface area (Å²) in [6.45, 7) is 0. The number of hydrogen-bond donors (Lipinski definition) is 2. The molecule has 1 unspecified atom stereocenters. The number of benzene rings is 1. The van der Waals surface area contributed by atoms with Crippen LogP contribution >= 0.6 is 11.6 Å². The molecule has 0 saturated heterocycles. The van der Waals surface area contributed by atoms with Crippen molar-refractivity contribution in [2.75, 3.05) is 5.32 Å². The quantitative estimate of drug-likeness (QED) is 0.884. The predicted octanol–water partition coefficient (Wildman–Crippen LogP) is 1.99. The highest BCUT2D eigenvalue weighted by molar-refractivity contribution is 6.31. The van der Waals surface area contributed by atoms with E-state index in [4.69, 9.17) is 17.3 Å². The zero-order chi connectivity index (χ0) is 14.8. The summed E-state index contributed by atoms with van der Waals surface area (Å²) in [7, 11) is 0. The Balaban J connectivity index is 1.77. The summed E-state index contributed by atoms with van der Waals surface area (Å²) < 4.78 is 1.58. The SMILES string of the molecule is NC(CC(=O)Nc1cc(Cl)ccc1-n1cncn1)C1CC1. The molecule has 0 radical (unpaired) electrons. The smallest absolute Gasteiger partial charge is 0.226 e. The van der Waals surface area contributed by atoms with E-state index in [-0.39, 0.29) is 11.9 Å². The Bertz CT molecular complexity index is 639. The highest BCUT2D eigenvalue weighted by Gasteiger charge is 2.29. The van der Waals surface area contributed by atoms with Gasteiger partial charge in [-0.2, -0.15) is 5.10 Å². The lowest BCUT2D eigenvalue weighted by molar-refractivity contribution is -0.116. The first kappa shape index (κ1) is 14.0. The van der Waals surface area contributed by atoms with Crippen LogP contribution in [0.4, 0.5) is 5.69 Å². The molecule has 1 fully saturated rings. The number of anilines is 1. The second-order valence-electron chi connectivity index (χ2n) is 5.26. The first-order chi connectivity index (χ1) is 10.1. The molecule has 1 heterocycles. The summed E-state index contributed by atoms with van der Waals surface area (Å²) in [5, 5.41) is 7.47. The van der Waals surface area contributed by atoms with Gasteiger partial charge in [0.15, 0.2) is 0 Å². The van der Waals surface area contributed by atoms with Crippen molar-refractivity contribution in [3.63, 3.8) is 0 Å². The third kappa shape index (κ3) is 3.40. The van der Waals surface area contributed by atoms with Gasteiger partial charge in [0, 0.05) is 17.5 Å². The number of aromatic nitrogens is 3. The molecule has 1 aliphatic rings. The van der Waals surface area contributed by atoms with Crippen LogP contribution < -0.4 is 11.1 Å². The van der Waals surface area contributed by atoms with Gasteiger partial charge < -0.3 is 11.1 Å². The third-order valence-corrected chi connectivity index (χ3v) is 3.78. The number of amides is 1. The molecular formula is C14H16ClN5O. The summed E-state index contributed by atoms with van der Waals surface area (Å²) in [5.74, 6) is 0.378. The summed E-state index contributed by atoms with van der Waals surface area (Å²) >= 11 is 6.01. The van der Waals surface area contributed by atoms with Gasteiger partial charge in [-0.25, -0.2) is 9.67 Å². The zero-order valence-corrected chi connectivity index (χ0v) is 12.1. The average molecular weight is 306 g/mol. The monoisotopic (exact) mass is 305 g/mol. The fraction of sp³-hybridized carbons (Fsp3) is 0.357. The minimum absolute atomic E-state index is 0.0704. The van der Waals surface area contributed by atoms with E-state index in [1.54, 1.807) is 29.2 Å². The first-order valence-electron chi connectivity index (χ1n) is 6.83. The van der Waals surface area contributed by atoms with Crippen molar-refractivity contribution in [2.24, 2.45) is 11.7 Å². The normalized spacial score (nSPS) is 15.7. The Hall–Kier alpha value is -1.92. The van der Waals surface area contributed by atoms with Gasteiger partial charge in [-0.15, -0.1) is 0 Å². The zero-order valence-electron chi connectivity index (χ0n) is 11.4. The number of hydrogen-bond acceptors (Lipinski definition) is 4. The van der Waals surface area contributed by atoms with Gasteiger partial charge >= 0.3 is 0 Å². The Morgan fingerprint density at radius 2 is 2.33 bits per heavy atom. The predicted molar refractivity (Wildman–Crippen MR) is 80.3 cm³/mol. The van der Waals surface area contributed by atoms with Crippen LogP contribution in [0.2, 0.25) is 5.02 Å². The van der Waals surface area contributed by atoms with Gasteiger partial charge in [-0.05, 0) is 37.0 Å². The Kier molecular flexibility index (Phi) is 3.90. The van der Waals surface area contributed by atoms with E-state index in [9.17, 15) is 4.79 Å². The number of nitrogens with zero attached hydrogens (tertiary/aromatic N) is 3. The minimum atomic E-state index is -0.113. The van der Waals surface area contributed by atoms with Gasteiger partial charge in [0.05, 0.1) is 11.4 Å². The molecule has 0 aliphatic heterocycles. The summed E-state index contributed by atoms with van der Waals surface area (Å²) in [6, 6.07) is 5.15. The molecular weight excluding hydrogens is 290 g/mol. The van der Waals surface area contributed by atoms with E-state index in [1.807, 2.05) is 0 Å². The molecule has 3 N–H and O–H groups in total. The van der Waals surface area contributed by atoms with E-state index in [0.29, 0.717) is 28.7 Å². The molecule has 7 heteroatoms. The number of carbonyl (C=O) groups is 1. The molecule has 6 nitrogen and oxygen atoms in total. The van der Waals surface area contributed by atoms with Crippen molar-refractivity contribution in [1.82, 2.24) is 14.8 Å². The number of halogens is 1. The van der Waals surface area contributed by atoms with Crippen LogP contribution in [-0.4, -0.2) is 26.7 Å². The topological polar surface area (TPSA) is 85.8 Å². The van der Waals surface area contributed by atoms with Crippen molar-refractivity contribution >= 4 is 23.2 Å². The summed E-state index contributed by atoms with van der Waals surface area (Å²) in [5.41, 5.74) is 7.29. The van der Waals surface area contributed by atoms with Crippen molar-refractivity contribution < 1.29 is 4.79 Å². The molecule has 1 aromatic carbocycles. The lowest BCUT2D eigenvalue weighted by atomic mass is 10.1. The molecule has 21 heavy (non-hydrogen) atoms. The van der Waals surface area contributed by atoms with Gasteiger partial charge in [0.25, 0.3) is 0 Å². The van der Waals surface area contributed by atoms with Gasteiger partial charge in [-0.1, -0.05) is 11.6 Å². The third-order valence-electron chi connectivity index (χ3n) is 3.55. The average Bonchev–Trinajstić information content (AvgIpc) is 3.16. The highest BCUT2D eigenvalue weighted by Crippen LogP contribution is 2.33. The minimum Gasteiger partial charge on any atom is -0.327 e. The molecule has 0 bridgehead atoms. The van der Waals surface area contributed by atoms with Gasteiger partial charge in [0.2, 0.25) is 5.91 Å². The molecule has 1 aromatic heterocycles. The number of rotatable bonds is 5. The maximum atomic E-state index is 12.1. The van der Waals surface area contributed by atoms with E-state index in [1.165, 1.54) is 6.33 Å². The number of nitrogens with one attached hydrogen (secondary N) is 1. The Morgan fingerprint density at radius 1 is 1.52 bits per heavy atom. The molecule has 2 aromatic rings. The van der Waals surface area contributed by atoms with E-state index < -0.39 is 0 Å². The summed E-state index contributed by atoms with van der Waals surface area (Å²) in [4.78, 5) is 16.0. The largest absolute Gasteiger partial charge is 0.327 e. The second-order valence-corrected chi connectivity index (χ2v) is 5.69. The maximum absolute atomic E-state index is 12.1. The lowest BCUT2D eigenvalue weighted by Crippen LogP contribution is -2.29. The van der Waals surface area contributed by atoms with Gasteiger partial charge in [-0.3, -0.25) is 4.79 Å². The summed E-state index contributed by atoms with van der Waals surface area (Å²) in [6.07, 6.45) is 5.55. The molecule has 0 spiro atoms. The van der Waals surface area contributed by atoms with Crippen LogP contribution in [0.15, 0.2) is 30.9 Å². The van der Waals surface area contributed by atoms with Crippen molar-refractivity contribution in [3.05, 3.63) is 35.9 Å². The van der Waals surface area contributed by atoms with Crippen LogP contribution in [0.1, 0.15) is 19.3 Å². The fourth-order valence-electron chi connectivity index (χ4n) is 2.25. The molecule has 110 valence electrons. The lowest BCUT2D eigenvalue weighted by Gasteiger charge is -2.13. The van der Waals surface area contributed by atoms with Crippen LogP contribution in [0.5, 0.6) is 0 Å². The molecule has 1 saturated carbocycles. The van der Waals surface area contributed by atoms with E-state index in [0.717, 1.165) is 12.8 Å². The molecule has 3 rings (SSSR count). The Labute approximate surface area is 127 Å².